The van der Waals surface area contributed by atoms with Crippen LogP contribution in [0.2, 0.25) is 0 Å². The third-order valence-corrected chi connectivity index (χ3v) is 5.29. The molecule has 0 aliphatic carbocycles. The minimum atomic E-state index is -3.26. The highest BCUT2D eigenvalue weighted by Gasteiger charge is 2.16. The van der Waals surface area contributed by atoms with Crippen molar-refractivity contribution in [2.75, 3.05) is 5.75 Å². The lowest BCUT2D eigenvalue weighted by Crippen LogP contribution is -2.29. The molecule has 1 atom stereocenters. The Morgan fingerprint density at radius 2 is 2.00 bits per heavy atom. The van der Waals surface area contributed by atoms with Crippen molar-refractivity contribution in [2.45, 2.75) is 40.3 Å². The van der Waals surface area contributed by atoms with Crippen molar-refractivity contribution < 1.29 is 8.42 Å². The van der Waals surface area contributed by atoms with Gasteiger partial charge in [-0.25, -0.2) is 18.1 Å². The van der Waals surface area contributed by atoms with E-state index < -0.39 is 10.0 Å². The molecule has 0 aliphatic heterocycles. The number of nitrogens with one attached hydrogen (secondary N) is 1. The van der Waals surface area contributed by atoms with Crippen LogP contribution in [0, 0.1) is 5.92 Å². The van der Waals surface area contributed by atoms with Crippen molar-refractivity contribution in [3.63, 3.8) is 0 Å². The summed E-state index contributed by atoms with van der Waals surface area (Å²) in [5.41, 5.74) is 1.94. The average molecular weight is 309 g/mol. The number of imidazole rings is 1. The molecule has 116 valence electrons. The van der Waals surface area contributed by atoms with Gasteiger partial charge in [0.1, 0.15) is 5.82 Å². The van der Waals surface area contributed by atoms with Crippen LogP contribution in [0.5, 0.6) is 0 Å². The molecule has 0 bridgehead atoms. The maximum absolute atomic E-state index is 12.0. The number of nitrogens with zero attached hydrogens (tertiary/aromatic N) is 2. The summed E-state index contributed by atoms with van der Waals surface area (Å²) in [7, 11) is -3.26. The Morgan fingerprint density at radius 3 is 2.67 bits per heavy atom. The van der Waals surface area contributed by atoms with Gasteiger partial charge in [-0.15, -0.1) is 0 Å². The number of rotatable bonds is 7. The molecular weight excluding hydrogens is 286 g/mol. The van der Waals surface area contributed by atoms with Crippen molar-refractivity contribution >= 4 is 21.1 Å². The summed E-state index contributed by atoms with van der Waals surface area (Å²) in [6, 6.07) is 7.85. The fourth-order valence-corrected chi connectivity index (χ4v) is 3.79. The lowest BCUT2D eigenvalue weighted by atomic mass is 10.2. The van der Waals surface area contributed by atoms with Crippen LogP contribution in [0.15, 0.2) is 24.3 Å². The smallest absolute Gasteiger partial charge is 0.212 e. The van der Waals surface area contributed by atoms with Gasteiger partial charge in [0.15, 0.2) is 0 Å². The quantitative estimate of drug-likeness (QED) is 0.855. The van der Waals surface area contributed by atoms with Gasteiger partial charge in [-0.3, -0.25) is 0 Å². The van der Waals surface area contributed by atoms with E-state index in [9.17, 15) is 8.42 Å². The van der Waals surface area contributed by atoms with Crippen LogP contribution in [-0.4, -0.2) is 23.7 Å². The van der Waals surface area contributed by atoms with E-state index in [0.29, 0.717) is 0 Å². The Balaban J connectivity index is 2.17. The molecule has 0 spiro atoms. The Kier molecular flexibility index (Phi) is 5.00. The Hall–Kier alpha value is -1.40. The molecule has 1 aromatic heterocycles. The summed E-state index contributed by atoms with van der Waals surface area (Å²) in [4.78, 5) is 4.52. The van der Waals surface area contributed by atoms with Gasteiger partial charge in [-0.2, -0.15) is 0 Å². The Morgan fingerprint density at radius 1 is 1.29 bits per heavy atom. The minimum absolute atomic E-state index is 0.160. The summed E-state index contributed by atoms with van der Waals surface area (Å²) in [6.07, 6.45) is 0.856. The maximum Gasteiger partial charge on any atom is 0.212 e. The Bertz CT molecular complexity index is 707. The number of hydrogen-bond donors (Lipinski definition) is 1. The lowest BCUT2D eigenvalue weighted by molar-refractivity contribution is 0.548. The van der Waals surface area contributed by atoms with Crippen LogP contribution in [0.4, 0.5) is 0 Å². The van der Waals surface area contributed by atoms with E-state index >= 15 is 0 Å². The van der Waals surface area contributed by atoms with E-state index in [1.165, 1.54) is 0 Å². The fraction of sp³-hybridized carbons (Fsp3) is 0.533. The molecule has 0 saturated heterocycles. The Labute approximate surface area is 126 Å². The molecule has 6 heteroatoms. The molecule has 0 aliphatic rings. The number of aryl methyl sites for hydroxylation is 1. The number of hydrogen-bond acceptors (Lipinski definition) is 3. The SMILES string of the molecule is CC[C@@H](C)CS(=O)(=O)NCc1nc2ccccc2n1CC. The van der Waals surface area contributed by atoms with Gasteiger partial charge in [0, 0.05) is 6.54 Å². The second-order valence-corrected chi connectivity index (χ2v) is 7.23. The topological polar surface area (TPSA) is 64.0 Å². The minimum Gasteiger partial charge on any atom is -0.327 e. The van der Waals surface area contributed by atoms with E-state index in [0.717, 1.165) is 29.8 Å². The molecular formula is C15H23N3O2S. The number of benzene rings is 1. The number of aromatic nitrogens is 2. The summed E-state index contributed by atoms with van der Waals surface area (Å²) in [6.45, 7) is 6.98. The fourth-order valence-electron chi connectivity index (χ4n) is 2.34. The zero-order valence-corrected chi connectivity index (χ0v) is 13.7. The standard InChI is InChI=1S/C15H23N3O2S/c1-4-12(3)11-21(19,20)16-10-15-17-13-8-6-7-9-14(13)18(15)5-2/h6-9,12,16H,4-5,10-11H2,1-3H3/t12-/m1/s1. The van der Waals surface area contributed by atoms with Crippen LogP contribution in [0.3, 0.4) is 0 Å². The summed E-state index contributed by atoms with van der Waals surface area (Å²) >= 11 is 0. The predicted octanol–water partition coefficient (Wildman–Crippen LogP) is 2.52. The molecule has 21 heavy (non-hydrogen) atoms. The third kappa shape index (κ3) is 3.83. The van der Waals surface area contributed by atoms with Crippen LogP contribution >= 0.6 is 0 Å². The third-order valence-electron chi connectivity index (χ3n) is 3.70. The normalized spacial score (nSPS) is 13.7. The van der Waals surface area contributed by atoms with Crippen LogP contribution in [0.25, 0.3) is 11.0 Å². The van der Waals surface area contributed by atoms with Crippen molar-refractivity contribution in [3.8, 4) is 0 Å². The molecule has 0 fully saturated rings. The molecule has 1 heterocycles. The summed E-state index contributed by atoms with van der Waals surface area (Å²) < 4.78 is 28.8. The molecule has 1 aromatic carbocycles. The molecule has 0 radical (unpaired) electrons. The average Bonchev–Trinajstić information content (AvgIpc) is 2.82. The molecule has 0 saturated carbocycles. The first-order chi connectivity index (χ1) is 9.96. The van der Waals surface area contributed by atoms with E-state index in [1.807, 2.05) is 49.6 Å². The van der Waals surface area contributed by atoms with E-state index in [4.69, 9.17) is 0 Å². The highest BCUT2D eigenvalue weighted by atomic mass is 32.2. The zero-order valence-electron chi connectivity index (χ0n) is 12.8. The first-order valence-electron chi connectivity index (χ1n) is 7.38. The summed E-state index contributed by atoms with van der Waals surface area (Å²) in [5.74, 6) is 1.08. The first-order valence-corrected chi connectivity index (χ1v) is 9.03. The van der Waals surface area contributed by atoms with Crippen molar-refractivity contribution in [2.24, 2.45) is 5.92 Å². The number of para-hydroxylation sites is 2. The van der Waals surface area contributed by atoms with E-state index in [1.54, 1.807) is 0 Å². The lowest BCUT2D eigenvalue weighted by Gasteiger charge is -2.11. The van der Waals surface area contributed by atoms with Crippen molar-refractivity contribution in [1.29, 1.82) is 0 Å². The van der Waals surface area contributed by atoms with Crippen LogP contribution < -0.4 is 4.72 Å². The van der Waals surface area contributed by atoms with Gasteiger partial charge in [-0.1, -0.05) is 32.4 Å². The van der Waals surface area contributed by atoms with Crippen LogP contribution in [0.1, 0.15) is 33.0 Å². The predicted molar refractivity (Wildman–Crippen MR) is 85.5 cm³/mol. The molecule has 0 unspecified atom stereocenters. The molecule has 1 N–H and O–H groups in total. The highest BCUT2D eigenvalue weighted by molar-refractivity contribution is 7.89. The van der Waals surface area contributed by atoms with Gasteiger partial charge >= 0.3 is 0 Å². The van der Waals surface area contributed by atoms with E-state index in [-0.39, 0.29) is 18.2 Å². The maximum atomic E-state index is 12.0. The van der Waals surface area contributed by atoms with Crippen molar-refractivity contribution in [1.82, 2.24) is 14.3 Å². The molecule has 2 rings (SSSR count). The first kappa shape index (κ1) is 16.0. The number of fused-ring (bicyclic) bond motifs is 1. The van der Waals surface area contributed by atoms with Gasteiger partial charge in [0.2, 0.25) is 10.0 Å². The van der Waals surface area contributed by atoms with Gasteiger partial charge in [0.05, 0.1) is 23.3 Å². The van der Waals surface area contributed by atoms with E-state index in [2.05, 4.69) is 9.71 Å². The van der Waals surface area contributed by atoms with Crippen molar-refractivity contribution in [3.05, 3.63) is 30.1 Å². The van der Waals surface area contributed by atoms with Gasteiger partial charge in [-0.05, 0) is 25.0 Å². The largest absolute Gasteiger partial charge is 0.327 e. The second-order valence-electron chi connectivity index (χ2n) is 5.38. The zero-order chi connectivity index (χ0) is 15.5. The van der Waals surface area contributed by atoms with Gasteiger partial charge < -0.3 is 4.57 Å². The highest BCUT2D eigenvalue weighted by Crippen LogP contribution is 2.16. The molecule has 5 nitrogen and oxygen atoms in total. The molecule has 2 aromatic rings. The second kappa shape index (κ2) is 6.58. The number of sulfonamides is 1. The van der Waals surface area contributed by atoms with Crippen LogP contribution in [-0.2, 0) is 23.1 Å². The van der Waals surface area contributed by atoms with Gasteiger partial charge in [0.25, 0.3) is 0 Å². The summed E-state index contributed by atoms with van der Waals surface area (Å²) in [5, 5.41) is 0. The molecule has 0 amide bonds. The monoisotopic (exact) mass is 309 g/mol.